The van der Waals surface area contributed by atoms with E-state index in [0.29, 0.717) is 5.92 Å². The van der Waals surface area contributed by atoms with Crippen molar-refractivity contribution in [1.29, 1.82) is 0 Å². The Morgan fingerprint density at radius 1 is 1.31 bits per heavy atom. The molecule has 142 valence electrons. The van der Waals surface area contributed by atoms with Crippen molar-refractivity contribution in [2.75, 3.05) is 5.32 Å². The lowest BCUT2D eigenvalue weighted by Crippen LogP contribution is -2.38. The van der Waals surface area contributed by atoms with Crippen molar-refractivity contribution in [1.82, 2.24) is 19.9 Å². The zero-order chi connectivity index (χ0) is 18.9. The molecule has 2 aromatic heterocycles. The van der Waals surface area contributed by atoms with Crippen molar-refractivity contribution in [2.45, 2.75) is 77.5 Å². The van der Waals surface area contributed by atoms with Crippen LogP contribution in [0, 0.1) is 0 Å². The van der Waals surface area contributed by atoms with Gasteiger partial charge in [-0.2, -0.15) is 9.61 Å². The van der Waals surface area contributed by atoms with Gasteiger partial charge in [0.15, 0.2) is 5.65 Å². The fourth-order valence-electron chi connectivity index (χ4n) is 3.26. The third-order valence-corrected chi connectivity index (χ3v) is 4.48. The highest BCUT2D eigenvalue weighted by molar-refractivity contribution is 5.68. The predicted octanol–water partition coefficient (Wildman–Crippen LogP) is 3.71. The summed E-state index contributed by atoms with van der Waals surface area (Å²) in [5.41, 5.74) is 1.41. The molecular weight excluding hydrogens is 330 g/mol. The van der Waals surface area contributed by atoms with Crippen molar-refractivity contribution in [3.8, 4) is 0 Å². The Balaban J connectivity index is 1.65. The second-order valence-electron chi connectivity index (χ2n) is 8.32. The van der Waals surface area contributed by atoms with E-state index in [-0.39, 0.29) is 18.2 Å². The van der Waals surface area contributed by atoms with Crippen LogP contribution < -0.4 is 10.6 Å². The number of anilines is 1. The normalized spacial score (nSPS) is 20.5. The maximum Gasteiger partial charge on any atom is 0.407 e. The van der Waals surface area contributed by atoms with Crippen molar-refractivity contribution < 1.29 is 9.53 Å². The molecule has 1 saturated carbocycles. The van der Waals surface area contributed by atoms with E-state index in [2.05, 4.69) is 40.6 Å². The van der Waals surface area contributed by atoms with Gasteiger partial charge in [-0.1, -0.05) is 13.8 Å². The lowest BCUT2D eigenvalue weighted by molar-refractivity contribution is 0.0505. The number of fused-ring (bicyclic) bond motifs is 1. The molecule has 0 saturated heterocycles. The average Bonchev–Trinajstić information content (AvgIpc) is 3.14. The number of alkyl carbamates (subject to hydrolysis) is 1. The standard InChI is InChI=1S/C19H29N5O2/c1-12(2)15-11-17(24-16(23-15)8-9-20-24)21-13-6-7-14(10-13)22-18(25)26-19(3,4)5/h8-9,11-14,21H,6-7,10H2,1-5H3,(H,22,25)/t13-,14+/m0/s1. The summed E-state index contributed by atoms with van der Waals surface area (Å²) in [5, 5.41) is 10.9. The van der Waals surface area contributed by atoms with Gasteiger partial charge in [-0.05, 0) is 46.0 Å². The SMILES string of the molecule is CC(C)c1cc(N[C@H]2CC[C@@H](NC(=O)OC(C)(C)C)C2)n2nccc2n1. The summed E-state index contributed by atoms with van der Waals surface area (Å²) in [6.45, 7) is 9.88. The second-order valence-corrected chi connectivity index (χ2v) is 8.32. The number of rotatable bonds is 4. The van der Waals surface area contributed by atoms with Crippen LogP contribution in [-0.4, -0.2) is 38.4 Å². The van der Waals surface area contributed by atoms with E-state index in [9.17, 15) is 4.79 Å². The molecule has 1 amide bonds. The van der Waals surface area contributed by atoms with Crippen LogP contribution in [0.1, 0.15) is 65.5 Å². The number of carbonyl (C=O) groups is 1. The van der Waals surface area contributed by atoms with Crippen molar-refractivity contribution in [3.05, 3.63) is 24.0 Å². The van der Waals surface area contributed by atoms with Crippen LogP contribution in [0.4, 0.5) is 10.6 Å². The quantitative estimate of drug-likeness (QED) is 0.870. The molecule has 2 heterocycles. The maximum absolute atomic E-state index is 12.0. The van der Waals surface area contributed by atoms with Gasteiger partial charge in [0.1, 0.15) is 11.4 Å². The summed E-state index contributed by atoms with van der Waals surface area (Å²) in [4.78, 5) is 16.6. The summed E-state index contributed by atoms with van der Waals surface area (Å²) in [6, 6.07) is 4.39. The molecule has 2 N–H and O–H groups in total. The van der Waals surface area contributed by atoms with E-state index in [1.54, 1.807) is 6.20 Å². The molecule has 2 atom stereocenters. The van der Waals surface area contributed by atoms with Crippen molar-refractivity contribution in [2.24, 2.45) is 0 Å². The zero-order valence-corrected chi connectivity index (χ0v) is 16.2. The summed E-state index contributed by atoms with van der Waals surface area (Å²) in [6.07, 6.45) is 4.20. The maximum atomic E-state index is 12.0. The second kappa shape index (κ2) is 7.13. The number of ether oxygens (including phenoxy) is 1. The highest BCUT2D eigenvalue weighted by atomic mass is 16.6. The molecular formula is C19H29N5O2. The van der Waals surface area contributed by atoms with Gasteiger partial charge < -0.3 is 15.4 Å². The minimum atomic E-state index is -0.476. The monoisotopic (exact) mass is 359 g/mol. The molecule has 1 fully saturated rings. The van der Waals surface area contributed by atoms with Gasteiger partial charge in [0, 0.05) is 29.9 Å². The third kappa shape index (κ3) is 4.45. The topological polar surface area (TPSA) is 80.5 Å². The van der Waals surface area contributed by atoms with E-state index in [4.69, 9.17) is 4.74 Å². The number of nitrogens with zero attached hydrogens (tertiary/aromatic N) is 3. The van der Waals surface area contributed by atoms with Crippen molar-refractivity contribution in [3.63, 3.8) is 0 Å². The minimum absolute atomic E-state index is 0.127. The van der Waals surface area contributed by atoms with Gasteiger partial charge in [0.05, 0.1) is 6.20 Å². The van der Waals surface area contributed by atoms with E-state index in [0.717, 1.165) is 36.4 Å². The Hall–Kier alpha value is -2.31. The van der Waals surface area contributed by atoms with E-state index in [1.165, 1.54) is 0 Å². The highest BCUT2D eigenvalue weighted by Crippen LogP contribution is 2.25. The summed E-state index contributed by atoms with van der Waals surface area (Å²) in [7, 11) is 0. The lowest BCUT2D eigenvalue weighted by Gasteiger charge is -2.22. The Labute approximate surface area is 154 Å². The molecule has 3 rings (SSSR count). The van der Waals surface area contributed by atoms with Crippen LogP contribution in [0.25, 0.3) is 5.65 Å². The number of hydrogen-bond acceptors (Lipinski definition) is 5. The zero-order valence-electron chi connectivity index (χ0n) is 16.2. The van der Waals surface area contributed by atoms with E-state index in [1.807, 2.05) is 31.4 Å². The third-order valence-electron chi connectivity index (χ3n) is 4.48. The fraction of sp³-hybridized carbons (Fsp3) is 0.632. The smallest absolute Gasteiger partial charge is 0.407 e. The van der Waals surface area contributed by atoms with Gasteiger partial charge in [-0.25, -0.2) is 9.78 Å². The first-order chi connectivity index (χ1) is 12.2. The van der Waals surface area contributed by atoms with Crippen LogP contribution in [0.2, 0.25) is 0 Å². The van der Waals surface area contributed by atoms with Gasteiger partial charge in [0.2, 0.25) is 0 Å². The van der Waals surface area contributed by atoms with Crippen LogP contribution in [0.15, 0.2) is 18.3 Å². The molecule has 0 unspecified atom stereocenters. The van der Waals surface area contributed by atoms with Crippen LogP contribution >= 0.6 is 0 Å². The van der Waals surface area contributed by atoms with Crippen LogP contribution in [0.3, 0.4) is 0 Å². The van der Waals surface area contributed by atoms with Crippen LogP contribution in [0.5, 0.6) is 0 Å². The Morgan fingerprint density at radius 2 is 2.04 bits per heavy atom. The molecule has 0 bridgehead atoms. The fourth-order valence-corrected chi connectivity index (χ4v) is 3.26. The van der Waals surface area contributed by atoms with E-state index >= 15 is 0 Å². The molecule has 7 heteroatoms. The summed E-state index contributed by atoms with van der Waals surface area (Å²) >= 11 is 0. The molecule has 0 aromatic carbocycles. The first kappa shape index (κ1) is 18.5. The van der Waals surface area contributed by atoms with Crippen LogP contribution in [-0.2, 0) is 4.74 Å². The van der Waals surface area contributed by atoms with Gasteiger partial charge in [-0.15, -0.1) is 0 Å². The van der Waals surface area contributed by atoms with Gasteiger partial charge in [-0.3, -0.25) is 0 Å². The molecule has 26 heavy (non-hydrogen) atoms. The number of aromatic nitrogens is 3. The Morgan fingerprint density at radius 3 is 2.73 bits per heavy atom. The molecule has 0 spiro atoms. The number of amides is 1. The number of nitrogens with one attached hydrogen (secondary N) is 2. The largest absolute Gasteiger partial charge is 0.444 e. The number of carbonyl (C=O) groups excluding carboxylic acids is 1. The highest BCUT2D eigenvalue weighted by Gasteiger charge is 2.28. The molecule has 0 aliphatic heterocycles. The van der Waals surface area contributed by atoms with Gasteiger partial charge in [0.25, 0.3) is 0 Å². The summed E-state index contributed by atoms with van der Waals surface area (Å²) < 4.78 is 7.18. The Kier molecular flexibility index (Phi) is 5.07. The molecule has 7 nitrogen and oxygen atoms in total. The predicted molar refractivity (Wildman–Crippen MR) is 101 cm³/mol. The Bertz CT molecular complexity index is 778. The first-order valence-corrected chi connectivity index (χ1v) is 9.32. The molecule has 2 aromatic rings. The molecule has 1 aliphatic carbocycles. The van der Waals surface area contributed by atoms with Gasteiger partial charge >= 0.3 is 6.09 Å². The van der Waals surface area contributed by atoms with E-state index < -0.39 is 5.60 Å². The lowest BCUT2D eigenvalue weighted by atomic mass is 10.1. The first-order valence-electron chi connectivity index (χ1n) is 9.32. The van der Waals surface area contributed by atoms with Crippen molar-refractivity contribution >= 4 is 17.6 Å². The minimum Gasteiger partial charge on any atom is -0.444 e. The molecule has 0 radical (unpaired) electrons. The molecule has 1 aliphatic rings. The average molecular weight is 359 g/mol. The number of hydrogen-bond donors (Lipinski definition) is 2. The summed E-state index contributed by atoms with van der Waals surface area (Å²) in [5.74, 6) is 1.30.